The normalized spacial score (nSPS) is 12.4. The predicted molar refractivity (Wildman–Crippen MR) is 69.3 cm³/mol. The Morgan fingerprint density at radius 3 is 2.94 bits per heavy atom. The Bertz CT molecular complexity index is 509. The van der Waals surface area contributed by atoms with Gasteiger partial charge in [-0.1, -0.05) is 6.92 Å². The standard InChI is InChI=1S/C13H18N4O/c1-3-6-18-11-7-10(8-15-9-11)12(14)13-16-4-5-17(13)2/h4-5,7-9,12H,3,6,14H2,1-2H3. The third-order valence-electron chi connectivity index (χ3n) is 2.70. The number of ether oxygens (including phenoxy) is 1. The molecule has 5 heteroatoms. The Balaban J connectivity index is 2.20. The second kappa shape index (κ2) is 5.64. The van der Waals surface area contributed by atoms with Crippen molar-refractivity contribution in [3.05, 3.63) is 42.2 Å². The summed E-state index contributed by atoms with van der Waals surface area (Å²) >= 11 is 0. The first kappa shape index (κ1) is 12.6. The number of pyridine rings is 1. The minimum Gasteiger partial charge on any atom is -0.492 e. The van der Waals surface area contributed by atoms with Gasteiger partial charge in [-0.2, -0.15) is 0 Å². The van der Waals surface area contributed by atoms with Crippen molar-refractivity contribution in [1.82, 2.24) is 14.5 Å². The fraction of sp³-hybridized carbons (Fsp3) is 0.385. The third kappa shape index (κ3) is 2.68. The van der Waals surface area contributed by atoms with Gasteiger partial charge in [-0.3, -0.25) is 4.98 Å². The Kier molecular flexibility index (Phi) is 3.94. The lowest BCUT2D eigenvalue weighted by atomic mass is 10.1. The van der Waals surface area contributed by atoms with Crippen molar-refractivity contribution < 1.29 is 4.74 Å². The maximum Gasteiger partial charge on any atom is 0.137 e. The third-order valence-corrected chi connectivity index (χ3v) is 2.70. The lowest BCUT2D eigenvalue weighted by molar-refractivity contribution is 0.315. The summed E-state index contributed by atoms with van der Waals surface area (Å²) in [6, 6.07) is 1.63. The van der Waals surface area contributed by atoms with Crippen LogP contribution in [0.3, 0.4) is 0 Å². The first-order valence-electron chi connectivity index (χ1n) is 6.03. The topological polar surface area (TPSA) is 66.0 Å². The van der Waals surface area contributed by atoms with Gasteiger partial charge >= 0.3 is 0 Å². The van der Waals surface area contributed by atoms with E-state index in [4.69, 9.17) is 10.5 Å². The van der Waals surface area contributed by atoms with Crippen molar-refractivity contribution in [2.75, 3.05) is 6.61 Å². The quantitative estimate of drug-likeness (QED) is 0.871. The molecule has 0 aliphatic rings. The molecule has 0 radical (unpaired) electrons. The molecule has 0 aliphatic carbocycles. The van der Waals surface area contributed by atoms with Gasteiger partial charge in [-0.25, -0.2) is 4.98 Å². The molecule has 1 atom stereocenters. The Labute approximate surface area is 107 Å². The number of hydrogen-bond acceptors (Lipinski definition) is 4. The van der Waals surface area contributed by atoms with E-state index in [1.165, 1.54) is 0 Å². The predicted octanol–water partition coefficient (Wildman–Crippen LogP) is 1.65. The average molecular weight is 246 g/mol. The molecule has 0 fully saturated rings. The monoisotopic (exact) mass is 246 g/mol. The number of aromatic nitrogens is 3. The average Bonchev–Trinajstić information content (AvgIpc) is 2.82. The van der Waals surface area contributed by atoms with Gasteiger partial charge in [0.1, 0.15) is 11.6 Å². The van der Waals surface area contributed by atoms with Crippen LogP contribution in [0.1, 0.15) is 30.8 Å². The van der Waals surface area contributed by atoms with Crippen LogP contribution < -0.4 is 10.5 Å². The van der Waals surface area contributed by atoms with Crippen LogP contribution in [-0.2, 0) is 7.05 Å². The van der Waals surface area contributed by atoms with Gasteiger partial charge in [0.25, 0.3) is 0 Å². The highest BCUT2D eigenvalue weighted by Gasteiger charge is 2.14. The van der Waals surface area contributed by atoms with E-state index in [1.54, 1.807) is 18.6 Å². The Hall–Kier alpha value is -1.88. The molecule has 2 N–H and O–H groups in total. The van der Waals surface area contributed by atoms with Gasteiger partial charge < -0.3 is 15.0 Å². The SMILES string of the molecule is CCCOc1cncc(C(N)c2nccn2C)c1. The van der Waals surface area contributed by atoms with E-state index in [0.29, 0.717) is 6.61 Å². The first-order valence-corrected chi connectivity index (χ1v) is 6.03. The zero-order chi connectivity index (χ0) is 13.0. The summed E-state index contributed by atoms with van der Waals surface area (Å²) in [5.41, 5.74) is 7.08. The second-order valence-electron chi connectivity index (χ2n) is 4.18. The van der Waals surface area contributed by atoms with Crippen molar-refractivity contribution in [2.45, 2.75) is 19.4 Å². The largest absolute Gasteiger partial charge is 0.492 e. The molecular weight excluding hydrogens is 228 g/mol. The summed E-state index contributed by atoms with van der Waals surface area (Å²) in [6.07, 6.45) is 8.03. The van der Waals surface area contributed by atoms with Crippen LogP contribution in [0.2, 0.25) is 0 Å². The van der Waals surface area contributed by atoms with Crippen molar-refractivity contribution in [3.63, 3.8) is 0 Å². The summed E-state index contributed by atoms with van der Waals surface area (Å²) in [5, 5.41) is 0. The maximum atomic E-state index is 6.18. The van der Waals surface area contributed by atoms with E-state index < -0.39 is 0 Å². The molecule has 1 unspecified atom stereocenters. The van der Waals surface area contributed by atoms with Crippen LogP contribution in [0.5, 0.6) is 5.75 Å². The Morgan fingerprint density at radius 2 is 2.28 bits per heavy atom. The molecule has 2 rings (SSSR count). The summed E-state index contributed by atoms with van der Waals surface area (Å²) in [4.78, 5) is 8.41. The number of hydrogen-bond donors (Lipinski definition) is 1. The molecule has 0 bridgehead atoms. The first-order chi connectivity index (χ1) is 8.72. The van der Waals surface area contributed by atoms with Crippen molar-refractivity contribution >= 4 is 0 Å². The van der Waals surface area contributed by atoms with Gasteiger partial charge in [0.2, 0.25) is 0 Å². The Morgan fingerprint density at radius 1 is 1.44 bits per heavy atom. The second-order valence-corrected chi connectivity index (χ2v) is 4.18. The molecule has 0 spiro atoms. The van der Waals surface area contributed by atoms with Crippen LogP contribution in [-0.4, -0.2) is 21.1 Å². The number of nitrogens with two attached hydrogens (primary N) is 1. The minimum atomic E-state index is -0.289. The van der Waals surface area contributed by atoms with Crippen molar-refractivity contribution in [2.24, 2.45) is 12.8 Å². The number of imidazole rings is 1. The zero-order valence-electron chi connectivity index (χ0n) is 10.7. The number of aryl methyl sites for hydroxylation is 1. The fourth-order valence-corrected chi connectivity index (χ4v) is 1.73. The highest BCUT2D eigenvalue weighted by molar-refractivity contribution is 5.29. The summed E-state index contributed by atoms with van der Waals surface area (Å²) in [6.45, 7) is 2.75. The highest BCUT2D eigenvalue weighted by Crippen LogP contribution is 2.20. The van der Waals surface area contributed by atoms with Gasteiger partial charge in [0, 0.05) is 25.6 Å². The van der Waals surface area contributed by atoms with Crippen LogP contribution in [0.25, 0.3) is 0 Å². The molecule has 18 heavy (non-hydrogen) atoms. The number of rotatable bonds is 5. The molecule has 2 heterocycles. The van der Waals surface area contributed by atoms with Gasteiger partial charge in [-0.05, 0) is 18.1 Å². The summed E-state index contributed by atoms with van der Waals surface area (Å²) in [7, 11) is 1.92. The maximum absolute atomic E-state index is 6.18. The highest BCUT2D eigenvalue weighted by atomic mass is 16.5. The molecule has 2 aromatic heterocycles. The molecule has 2 aromatic rings. The molecular formula is C13H18N4O. The van der Waals surface area contributed by atoms with E-state index in [1.807, 2.05) is 23.9 Å². The van der Waals surface area contributed by atoms with E-state index in [0.717, 1.165) is 23.6 Å². The van der Waals surface area contributed by atoms with Crippen LogP contribution >= 0.6 is 0 Å². The molecule has 0 saturated carbocycles. The van der Waals surface area contributed by atoms with Crippen LogP contribution in [0.15, 0.2) is 30.9 Å². The van der Waals surface area contributed by atoms with E-state index in [9.17, 15) is 0 Å². The van der Waals surface area contributed by atoms with E-state index in [2.05, 4.69) is 16.9 Å². The smallest absolute Gasteiger partial charge is 0.137 e. The summed E-state index contributed by atoms with van der Waals surface area (Å²) < 4.78 is 7.46. The molecule has 96 valence electrons. The molecule has 0 saturated heterocycles. The molecule has 5 nitrogen and oxygen atoms in total. The van der Waals surface area contributed by atoms with Gasteiger partial charge in [-0.15, -0.1) is 0 Å². The molecule has 0 aromatic carbocycles. The van der Waals surface area contributed by atoms with Crippen molar-refractivity contribution in [3.8, 4) is 5.75 Å². The van der Waals surface area contributed by atoms with E-state index in [-0.39, 0.29) is 6.04 Å². The number of nitrogens with zero attached hydrogens (tertiary/aromatic N) is 3. The lowest BCUT2D eigenvalue weighted by Crippen LogP contribution is -2.16. The zero-order valence-corrected chi connectivity index (χ0v) is 10.7. The van der Waals surface area contributed by atoms with Crippen LogP contribution in [0.4, 0.5) is 0 Å². The van der Waals surface area contributed by atoms with Gasteiger partial charge in [0.15, 0.2) is 0 Å². The van der Waals surface area contributed by atoms with Crippen molar-refractivity contribution in [1.29, 1.82) is 0 Å². The molecule has 0 aliphatic heterocycles. The molecule has 0 amide bonds. The minimum absolute atomic E-state index is 0.289. The van der Waals surface area contributed by atoms with E-state index >= 15 is 0 Å². The van der Waals surface area contributed by atoms with Gasteiger partial charge in [0.05, 0.1) is 18.8 Å². The lowest BCUT2D eigenvalue weighted by Gasteiger charge is -2.13. The van der Waals surface area contributed by atoms with Crippen LogP contribution in [0, 0.1) is 0 Å². The summed E-state index contributed by atoms with van der Waals surface area (Å²) in [5.74, 6) is 1.56. The fourth-order valence-electron chi connectivity index (χ4n) is 1.73.